The van der Waals surface area contributed by atoms with E-state index >= 15 is 0 Å². The molecular weight excluding hydrogens is 332 g/mol. The van der Waals surface area contributed by atoms with E-state index in [1.54, 1.807) is 6.20 Å². The number of nitrogens with one attached hydrogen (secondary N) is 1. The van der Waals surface area contributed by atoms with Gasteiger partial charge in [-0.2, -0.15) is 0 Å². The van der Waals surface area contributed by atoms with Gasteiger partial charge in [0.25, 0.3) is 0 Å². The molecule has 26 heavy (non-hydrogen) atoms. The number of hydrogen-bond acceptors (Lipinski definition) is 3. The van der Waals surface area contributed by atoms with Crippen LogP contribution < -0.4 is 5.32 Å². The van der Waals surface area contributed by atoms with E-state index < -0.39 is 11.7 Å². The number of nitrogens with zero attached hydrogens (tertiary/aromatic N) is 1. The highest BCUT2D eigenvalue weighted by Crippen LogP contribution is 2.39. The van der Waals surface area contributed by atoms with E-state index in [9.17, 15) is 14.7 Å². The zero-order valence-corrected chi connectivity index (χ0v) is 15.7. The lowest BCUT2D eigenvalue weighted by atomic mass is 9.84. The summed E-state index contributed by atoms with van der Waals surface area (Å²) in [5.74, 6) is -0.200. The van der Waals surface area contributed by atoms with E-state index in [2.05, 4.69) is 26.1 Å². The molecule has 0 saturated heterocycles. The Morgan fingerprint density at radius 1 is 1.27 bits per heavy atom. The summed E-state index contributed by atoms with van der Waals surface area (Å²) in [5, 5.41) is 12.5. The summed E-state index contributed by atoms with van der Waals surface area (Å²) in [6, 6.07) is 7.40. The van der Waals surface area contributed by atoms with Crippen molar-refractivity contribution in [3.63, 3.8) is 0 Å². The molecule has 0 bridgehead atoms. The first kappa shape index (κ1) is 18.2. The van der Waals surface area contributed by atoms with Gasteiger partial charge in [-0.1, -0.05) is 26.8 Å². The molecule has 1 aliphatic heterocycles. The molecule has 1 amide bonds. The number of benzene rings is 1. The second kappa shape index (κ2) is 5.99. The Labute approximate surface area is 152 Å². The maximum atomic E-state index is 11.9. The van der Waals surface area contributed by atoms with Gasteiger partial charge >= 0.3 is 6.09 Å². The van der Waals surface area contributed by atoms with Crippen molar-refractivity contribution < 1.29 is 19.4 Å². The van der Waals surface area contributed by atoms with Gasteiger partial charge in [0.15, 0.2) is 0 Å². The third-order valence-electron chi connectivity index (χ3n) is 4.68. The zero-order chi connectivity index (χ0) is 19.3. The van der Waals surface area contributed by atoms with Crippen LogP contribution in [0.5, 0.6) is 0 Å². The quantitative estimate of drug-likeness (QED) is 0.803. The average molecular weight is 356 g/mol. The monoisotopic (exact) mass is 356 g/mol. The van der Waals surface area contributed by atoms with Gasteiger partial charge < -0.3 is 15.2 Å². The fraction of sp³-hybridized carbons (Fsp3) is 0.400. The number of amides is 1. The molecule has 2 heterocycles. The number of fused-ring (bicyclic) bond motifs is 1. The van der Waals surface area contributed by atoms with Crippen LogP contribution >= 0.6 is 0 Å². The highest BCUT2D eigenvalue weighted by molar-refractivity contribution is 5.94. The lowest BCUT2D eigenvalue weighted by molar-refractivity contribution is -0.125. The summed E-state index contributed by atoms with van der Waals surface area (Å²) >= 11 is 0. The Morgan fingerprint density at radius 3 is 2.58 bits per heavy atom. The van der Waals surface area contributed by atoms with E-state index in [4.69, 9.17) is 4.74 Å². The molecule has 6 nitrogen and oxygen atoms in total. The highest BCUT2D eigenvalue weighted by Gasteiger charge is 2.31. The minimum atomic E-state index is -1.03. The molecule has 2 aromatic rings. The molecule has 0 radical (unpaired) electrons. The van der Waals surface area contributed by atoms with E-state index in [1.807, 2.05) is 38.1 Å². The van der Waals surface area contributed by atoms with Gasteiger partial charge in [0, 0.05) is 17.4 Å². The highest BCUT2D eigenvalue weighted by atomic mass is 16.5. The van der Waals surface area contributed by atoms with Gasteiger partial charge in [-0.15, -0.1) is 0 Å². The normalized spacial score (nSPS) is 16.6. The average Bonchev–Trinajstić information content (AvgIpc) is 2.94. The summed E-state index contributed by atoms with van der Waals surface area (Å²) in [5.41, 5.74) is 2.96. The van der Waals surface area contributed by atoms with Crippen molar-refractivity contribution in [2.24, 2.45) is 0 Å². The first-order chi connectivity index (χ1) is 12.0. The first-order valence-corrected chi connectivity index (χ1v) is 8.54. The molecule has 1 aromatic heterocycles. The molecule has 2 N–H and O–H groups in total. The van der Waals surface area contributed by atoms with Crippen LogP contribution in [-0.2, 0) is 20.5 Å². The number of carbonyl (C=O) groups excluding carboxylic acids is 1. The number of rotatable bonds is 1. The maximum Gasteiger partial charge on any atom is 0.416 e. The second-order valence-corrected chi connectivity index (χ2v) is 8.09. The number of aromatic nitrogens is 1. The summed E-state index contributed by atoms with van der Waals surface area (Å²) in [4.78, 5) is 23.6. The van der Waals surface area contributed by atoms with Crippen LogP contribution in [0.3, 0.4) is 0 Å². The topological polar surface area (TPSA) is 80.6 Å². The van der Waals surface area contributed by atoms with E-state index in [0.29, 0.717) is 11.4 Å². The minimum absolute atomic E-state index is 0.0181. The Morgan fingerprint density at radius 2 is 1.96 bits per heavy atom. The van der Waals surface area contributed by atoms with E-state index in [0.717, 1.165) is 16.7 Å². The summed E-state index contributed by atoms with van der Waals surface area (Å²) in [7, 11) is 0. The van der Waals surface area contributed by atoms with Gasteiger partial charge in [-0.05, 0) is 48.6 Å². The van der Waals surface area contributed by atoms with Crippen LogP contribution in [0.15, 0.2) is 30.5 Å². The van der Waals surface area contributed by atoms with Gasteiger partial charge in [0.05, 0.1) is 11.3 Å². The standard InChI is InChI=1S/C20H24N2O4/c1-19(2,3)13-8-9-22(18(24)25)17(13)12-6-7-15-14(10-12)20(4,5)26-11-16(23)21-15/h6-10H,11H2,1-5H3,(H,21,23)(H,24,25). The summed E-state index contributed by atoms with van der Waals surface area (Å²) in [6.07, 6.45) is 0.544. The van der Waals surface area contributed by atoms with Crippen LogP contribution in [0.1, 0.15) is 45.7 Å². The largest absolute Gasteiger partial charge is 0.464 e. The molecule has 138 valence electrons. The summed E-state index contributed by atoms with van der Waals surface area (Å²) < 4.78 is 6.98. The SMILES string of the molecule is CC(C)(C)c1ccn(C(=O)O)c1-c1ccc2c(c1)C(C)(C)OCC(=O)N2. The molecule has 0 atom stereocenters. The van der Waals surface area contributed by atoms with Crippen molar-refractivity contribution in [3.8, 4) is 11.3 Å². The van der Waals surface area contributed by atoms with Crippen molar-refractivity contribution in [1.29, 1.82) is 0 Å². The van der Waals surface area contributed by atoms with Crippen molar-refractivity contribution in [2.45, 2.75) is 45.6 Å². The lowest BCUT2D eigenvalue weighted by Gasteiger charge is -2.26. The predicted molar refractivity (Wildman–Crippen MR) is 99.6 cm³/mol. The molecule has 3 rings (SSSR count). The minimum Gasteiger partial charge on any atom is -0.464 e. The molecule has 1 aromatic carbocycles. The van der Waals surface area contributed by atoms with Crippen LogP contribution in [0.4, 0.5) is 10.5 Å². The van der Waals surface area contributed by atoms with Crippen molar-refractivity contribution >= 4 is 17.7 Å². The third-order valence-corrected chi connectivity index (χ3v) is 4.68. The number of carbonyl (C=O) groups is 2. The number of carboxylic acid groups (broad SMARTS) is 1. The molecular formula is C20H24N2O4. The molecule has 0 unspecified atom stereocenters. The number of anilines is 1. The molecule has 0 spiro atoms. The van der Waals surface area contributed by atoms with Gasteiger partial charge in [0.1, 0.15) is 6.61 Å². The summed E-state index contributed by atoms with van der Waals surface area (Å²) in [6.45, 7) is 9.93. The van der Waals surface area contributed by atoms with E-state index in [1.165, 1.54) is 4.57 Å². The fourth-order valence-corrected chi connectivity index (χ4v) is 3.30. The molecule has 1 aliphatic rings. The van der Waals surface area contributed by atoms with Gasteiger partial charge in [-0.25, -0.2) is 4.79 Å². The van der Waals surface area contributed by atoms with Crippen LogP contribution in [-0.4, -0.2) is 28.3 Å². The Bertz CT molecular complexity index is 888. The second-order valence-electron chi connectivity index (χ2n) is 8.09. The van der Waals surface area contributed by atoms with E-state index in [-0.39, 0.29) is 17.9 Å². The van der Waals surface area contributed by atoms with Gasteiger partial charge in [-0.3, -0.25) is 9.36 Å². The maximum absolute atomic E-state index is 11.9. The van der Waals surface area contributed by atoms with Crippen LogP contribution in [0.2, 0.25) is 0 Å². The number of ether oxygens (including phenoxy) is 1. The van der Waals surface area contributed by atoms with Crippen molar-refractivity contribution in [2.75, 3.05) is 11.9 Å². The van der Waals surface area contributed by atoms with Crippen LogP contribution in [0.25, 0.3) is 11.3 Å². The third kappa shape index (κ3) is 3.12. The Balaban J connectivity index is 2.24. The lowest BCUT2D eigenvalue weighted by Crippen LogP contribution is -2.23. The molecule has 0 aliphatic carbocycles. The first-order valence-electron chi connectivity index (χ1n) is 8.54. The van der Waals surface area contributed by atoms with Crippen molar-refractivity contribution in [1.82, 2.24) is 4.57 Å². The molecule has 0 fully saturated rings. The molecule has 0 saturated carbocycles. The Hall–Kier alpha value is -2.60. The zero-order valence-electron chi connectivity index (χ0n) is 15.7. The smallest absolute Gasteiger partial charge is 0.416 e. The Kier molecular flexibility index (Phi) is 4.19. The van der Waals surface area contributed by atoms with Crippen molar-refractivity contribution in [3.05, 3.63) is 41.6 Å². The fourth-order valence-electron chi connectivity index (χ4n) is 3.30. The van der Waals surface area contributed by atoms with Gasteiger partial charge in [0.2, 0.25) is 5.91 Å². The van der Waals surface area contributed by atoms with Crippen LogP contribution in [0, 0.1) is 0 Å². The molecule has 6 heteroatoms. The number of hydrogen-bond donors (Lipinski definition) is 2. The predicted octanol–water partition coefficient (Wildman–Crippen LogP) is 4.18.